The molecule has 1 saturated carbocycles. The van der Waals surface area contributed by atoms with Crippen molar-refractivity contribution in [2.75, 3.05) is 20.1 Å². The van der Waals surface area contributed by atoms with Gasteiger partial charge in [-0.05, 0) is 40.7 Å². The number of hydrogen-bond donors (Lipinski definition) is 1. The summed E-state index contributed by atoms with van der Waals surface area (Å²) in [5.74, 6) is 0. The topological polar surface area (TPSA) is 41.6 Å². The Bertz CT molecular complexity index is 303. The van der Waals surface area contributed by atoms with Gasteiger partial charge >= 0.3 is 6.09 Å². The lowest BCUT2D eigenvalue weighted by atomic mass is 9.75. The summed E-state index contributed by atoms with van der Waals surface area (Å²) in [7, 11) is 2.02. The van der Waals surface area contributed by atoms with Crippen LogP contribution < -0.4 is 5.32 Å². The molecule has 1 N–H and O–H groups in total. The molecule has 17 heavy (non-hydrogen) atoms. The van der Waals surface area contributed by atoms with Gasteiger partial charge < -0.3 is 15.0 Å². The Kier molecular flexibility index (Phi) is 3.10. The summed E-state index contributed by atoms with van der Waals surface area (Å²) >= 11 is 0. The molecule has 4 heteroatoms. The monoisotopic (exact) mass is 240 g/mol. The van der Waals surface area contributed by atoms with Gasteiger partial charge in [-0.2, -0.15) is 0 Å². The Morgan fingerprint density at radius 1 is 1.41 bits per heavy atom. The number of nitrogens with one attached hydrogen (secondary N) is 1. The minimum absolute atomic E-state index is 0.162. The minimum Gasteiger partial charge on any atom is -0.444 e. The molecule has 0 bridgehead atoms. The van der Waals surface area contributed by atoms with E-state index in [2.05, 4.69) is 5.32 Å². The Morgan fingerprint density at radius 3 is 2.59 bits per heavy atom. The maximum absolute atomic E-state index is 11.9. The molecule has 1 aliphatic carbocycles. The lowest BCUT2D eigenvalue weighted by Gasteiger charge is -2.51. The van der Waals surface area contributed by atoms with Gasteiger partial charge in [0.1, 0.15) is 5.60 Å². The first-order valence-corrected chi connectivity index (χ1v) is 6.51. The zero-order valence-corrected chi connectivity index (χ0v) is 11.4. The van der Waals surface area contributed by atoms with Gasteiger partial charge in [0.2, 0.25) is 0 Å². The largest absolute Gasteiger partial charge is 0.444 e. The average Bonchev–Trinajstić information content (AvgIpc) is 2.55. The number of carbonyl (C=O) groups excluding carboxylic acids is 1. The van der Waals surface area contributed by atoms with Crippen molar-refractivity contribution in [1.29, 1.82) is 0 Å². The third kappa shape index (κ3) is 2.41. The van der Waals surface area contributed by atoms with Crippen molar-refractivity contribution in [3.05, 3.63) is 0 Å². The van der Waals surface area contributed by atoms with Crippen LogP contribution in [0.25, 0.3) is 0 Å². The molecular formula is C13H24N2O2. The van der Waals surface area contributed by atoms with Gasteiger partial charge in [-0.25, -0.2) is 4.79 Å². The normalized spacial score (nSPS) is 27.1. The maximum Gasteiger partial charge on any atom is 0.410 e. The molecule has 1 unspecified atom stereocenters. The van der Waals surface area contributed by atoms with Crippen molar-refractivity contribution in [2.24, 2.45) is 5.41 Å². The Labute approximate surface area is 104 Å². The fourth-order valence-electron chi connectivity index (χ4n) is 3.14. The SMILES string of the molecule is CNC1CCCC12CN(C(=O)OC(C)(C)C)C2. The zero-order valence-electron chi connectivity index (χ0n) is 11.4. The molecule has 4 nitrogen and oxygen atoms in total. The predicted octanol–water partition coefficient (Wildman–Crippen LogP) is 2.00. The number of likely N-dealkylation sites (tertiary alicyclic amines) is 1. The smallest absolute Gasteiger partial charge is 0.410 e. The van der Waals surface area contributed by atoms with E-state index in [1.165, 1.54) is 19.3 Å². The molecule has 1 aliphatic heterocycles. The second kappa shape index (κ2) is 4.16. The van der Waals surface area contributed by atoms with Crippen molar-refractivity contribution in [3.63, 3.8) is 0 Å². The van der Waals surface area contributed by atoms with Crippen LogP contribution >= 0.6 is 0 Å². The number of nitrogens with zero attached hydrogens (tertiary/aromatic N) is 1. The van der Waals surface area contributed by atoms with Crippen LogP contribution in [0, 0.1) is 5.41 Å². The van der Waals surface area contributed by atoms with E-state index >= 15 is 0 Å². The van der Waals surface area contributed by atoms with Gasteiger partial charge in [0.15, 0.2) is 0 Å². The molecule has 2 fully saturated rings. The highest BCUT2D eigenvalue weighted by Crippen LogP contribution is 2.45. The van der Waals surface area contributed by atoms with Crippen LogP contribution in [0.4, 0.5) is 4.79 Å². The summed E-state index contributed by atoms with van der Waals surface area (Å²) in [6.45, 7) is 7.44. The number of amides is 1. The first-order valence-electron chi connectivity index (χ1n) is 6.51. The summed E-state index contributed by atoms with van der Waals surface area (Å²) in [6, 6.07) is 0.571. The van der Waals surface area contributed by atoms with E-state index in [1.807, 2.05) is 32.7 Å². The van der Waals surface area contributed by atoms with E-state index in [1.54, 1.807) is 0 Å². The molecule has 98 valence electrons. The number of hydrogen-bond acceptors (Lipinski definition) is 3. The average molecular weight is 240 g/mol. The van der Waals surface area contributed by atoms with Crippen LogP contribution in [0.3, 0.4) is 0 Å². The zero-order chi connectivity index (χ0) is 12.7. The van der Waals surface area contributed by atoms with Gasteiger partial charge in [0.05, 0.1) is 0 Å². The molecule has 0 radical (unpaired) electrons. The third-order valence-corrected chi connectivity index (χ3v) is 3.92. The number of rotatable bonds is 1. The van der Waals surface area contributed by atoms with Crippen LogP contribution in [-0.4, -0.2) is 42.8 Å². The summed E-state index contributed by atoms with van der Waals surface area (Å²) in [6.07, 6.45) is 3.58. The summed E-state index contributed by atoms with van der Waals surface area (Å²) in [5.41, 5.74) is -0.0659. The lowest BCUT2D eigenvalue weighted by Crippen LogP contribution is -2.64. The number of carbonyl (C=O) groups is 1. The van der Waals surface area contributed by atoms with E-state index in [0.717, 1.165) is 13.1 Å². The van der Waals surface area contributed by atoms with Gasteiger partial charge in [-0.15, -0.1) is 0 Å². The highest BCUT2D eigenvalue weighted by atomic mass is 16.6. The van der Waals surface area contributed by atoms with E-state index in [-0.39, 0.29) is 6.09 Å². The fourth-order valence-corrected chi connectivity index (χ4v) is 3.14. The standard InChI is InChI=1S/C13H24N2O2/c1-12(2,3)17-11(16)15-8-13(9-15)7-5-6-10(13)14-4/h10,14H,5-9H2,1-4H3. The van der Waals surface area contributed by atoms with Crippen molar-refractivity contribution in [1.82, 2.24) is 10.2 Å². The van der Waals surface area contributed by atoms with Gasteiger partial charge in [0, 0.05) is 24.5 Å². The summed E-state index contributed by atoms with van der Waals surface area (Å²) in [4.78, 5) is 13.7. The molecule has 2 aliphatic rings. The Hall–Kier alpha value is -0.770. The van der Waals surface area contributed by atoms with Crippen LogP contribution in [-0.2, 0) is 4.74 Å². The van der Waals surface area contributed by atoms with Crippen LogP contribution in [0.15, 0.2) is 0 Å². The first kappa shape index (κ1) is 12.7. The van der Waals surface area contributed by atoms with Gasteiger partial charge in [0.25, 0.3) is 0 Å². The second-order valence-electron chi connectivity index (χ2n) is 6.43. The highest BCUT2D eigenvalue weighted by molar-refractivity contribution is 5.69. The molecule has 1 spiro atoms. The van der Waals surface area contributed by atoms with Crippen LogP contribution in [0.5, 0.6) is 0 Å². The summed E-state index contributed by atoms with van der Waals surface area (Å²) < 4.78 is 5.38. The Morgan fingerprint density at radius 2 is 2.06 bits per heavy atom. The van der Waals surface area contributed by atoms with E-state index < -0.39 is 5.60 Å². The molecule has 1 amide bonds. The molecule has 1 saturated heterocycles. The van der Waals surface area contributed by atoms with Crippen LogP contribution in [0.1, 0.15) is 40.0 Å². The molecule has 0 aromatic carbocycles. The quantitative estimate of drug-likeness (QED) is 0.762. The van der Waals surface area contributed by atoms with Crippen molar-refractivity contribution < 1.29 is 9.53 Å². The highest BCUT2D eigenvalue weighted by Gasteiger charge is 2.53. The molecule has 1 atom stereocenters. The van der Waals surface area contributed by atoms with Crippen molar-refractivity contribution in [2.45, 2.75) is 51.7 Å². The lowest BCUT2D eigenvalue weighted by molar-refractivity contribution is -0.0406. The molecule has 0 aromatic rings. The maximum atomic E-state index is 11.9. The van der Waals surface area contributed by atoms with Crippen molar-refractivity contribution >= 4 is 6.09 Å². The molecule has 2 rings (SSSR count). The molecular weight excluding hydrogens is 216 g/mol. The fraction of sp³-hybridized carbons (Fsp3) is 0.923. The second-order valence-corrected chi connectivity index (χ2v) is 6.43. The predicted molar refractivity (Wildman–Crippen MR) is 66.9 cm³/mol. The van der Waals surface area contributed by atoms with Crippen LogP contribution in [0.2, 0.25) is 0 Å². The number of ether oxygens (including phenoxy) is 1. The summed E-state index contributed by atoms with van der Waals surface area (Å²) in [5, 5.41) is 3.39. The van der Waals surface area contributed by atoms with Gasteiger partial charge in [-0.3, -0.25) is 0 Å². The van der Waals surface area contributed by atoms with Gasteiger partial charge in [-0.1, -0.05) is 6.42 Å². The van der Waals surface area contributed by atoms with E-state index in [0.29, 0.717) is 11.5 Å². The molecule has 1 heterocycles. The van der Waals surface area contributed by atoms with Crippen molar-refractivity contribution in [3.8, 4) is 0 Å². The Balaban J connectivity index is 1.88. The first-order chi connectivity index (χ1) is 7.86. The minimum atomic E-state index is -0.391. The van der Waals surface area contributed by atoms with E-state index in [4.69, 9.17) is 4.74 Å². The molecule has 0 aromatic heterocycles. The third-order valence-electron chi connectivity index (χ3n) is 3.92. The van der Waals surface area contributed by atoms with E-state index in [9.17, 15) is 4.79 Å².